The summed E-state index contributed by atoms with van der Waals surface area (Å²) >= 11 is 0. The number of carbonyl (C=O) groups excluding carboxylic acids is 1. The van der Waals surface area contributed by atoms with Crippen LogP contribution < -0.4 is 5.32 Å². The minimum absolute atomic E-state index is 0.0534. The van der Waals surface area contributed by atoms with E-state index in [0.717, 1.165) is 0 Å². The summed E-state index contributed by atoms with van der Waals surface area (Å²) < 4.78 is 23.4. The number of nitrogens with one attached hydrogen (secondary N) is 1. The minimum atomic E-state index is -3.50. The molecule has 0 aliphatic rings. The standard InChI is InChI=1S/C14H27NO5S/c1-10(2)8-21(19,20)9-12(16)15-11(13(17)18)6-7-14(3,4)5/h10-11H,6-9H2,1-5H3,(H,15,16)(H,17,18). The van der Waals surface area contributed by atoms with Gasteiger partial charge in [-0.1, -0.05) is 34.6 Å². The maximum absolute atomic E-state index is 11.7. The second kappa shape index (κ2) is 7.77. The first-order valence-electron chi connectivity index (χ1n) is 7.05. The zero-order valence-electron chi connectivity index (χ0n) is 13.5. The molecule has 6 nitrogen and oxygen atoms in total. The lowest BCUT2D eigenvalue weighted by atomic mass is 9.88. The zero-order chi connectivity index (χ0) is 16.8. The Labute approximate surface area is 127 Å². The number of hydrogen-bond donors (Lipinski definition) is 2. The van der Waals surface area contributed by atoms with Gasteiger partial charge in [0.1, 0.15) is 11.8 Å². The maximum atomic E-state index is 11.7. The highest BCUT2D eigenvalue weighted by Gasteiger charge is 2.25. The number of carboxylic acid groups (broad SMARTS) is 1. The Balaban J connectivity index is 4.59. The molecule has 2 N–H and O–H groups in total. The summed E-state index contributed by atoms with van der Waals surface area (Å²) in [6.45, 7) is 9.42. The highest BCUT2D eigenvalue weighted by molar-refractivity contribution is 7.92. The van der Waals surface area contributed by atoms with Gasteiger partial charge in [-0.3, -0.25) is 4.79 Å². The number of amides is 1. The molecule has 0 aromatic rings. The summed E-state index contributed by atoms with van der Waals surface area (Å²) in [7, 11) is -3.50. The van der Waals surface area contributed by atoms with Crippen molar-refractivity contribution in [1.82, 2.24) is 5.32 Å². The molecule has 0 rings (SSSR count). The van der Waals surface area contributed by atoms with Crippen molar-refractivity contribution < 1.29 is 23.1 Å². The Kier molecular flexibility index (Phi) is 7.36. The fourth-order valence-electron chi connectivity index (χ4n) is 1.84. The molecule has 0 spiro atoms. The van der Waals surface area contributed by atoms with Gasteiger partial charge in [-0.25, -0.2) is 13.2 Å². The van der Waals surface area contributed by atoms with E-state index in [9.17, 15) is 18.0 Å². The predicted molar refractivity (Wildman–Crippen MR) is 81.7 cm³/mol. The van der Waals surface area contributed by atoms with Gasteiger partial charge in [-0.2, -0.15) is 0 Å². The van der Waals surface area contributed by atoms with Gasteiger partial charge in [0.15, 0.2) is 9.84 Å². The predicted octanol–water partition coefficient (Wildman–Crippen LogP) is 1.45. The Morgan fingerprint density at radius 2 is 1.71 bits per heavy atom. The van der Waals surface area contributed by atoms with Crippen LogP contribution in [-0.2, 0) is 19.4 Å². The average Bonchev–Trinajstić information content (AvgIpc) is 2.19. The molecule has 1 unspecified atom stereocenters. The van der Waals surface area contributed by atoms with E-state index < -0.39 is 33.5 Å². The molecule has 0 saturated carbocycles. The number of hydrogen-bond acceptors (Lipinski definition) is 4. The van der Waals surface area contributed by atoms with Crippen LogP contribution in [0.3, 0.4) is 0 Å². The van der Waals surface area contributed by atoms with Crippen LogP contribution in [0.1, 0.15) is 47.5 Å². The van der Waals surface area contributed by atoms with E-state index in [-0.39, 0.29) is 23.5 Å². The maximum Gasteiger partial charge on any atom is 0.326 e. The number of sulfone groups is 1. The molecule has 7 heteroatoms. The van der Waals surface area contributed by atoms with Crippen LogP contribution in [-0.4, -0.2) is 42.9 Å². The van der Waals surface area contributed by atoms with Gasteiger partial charge in [0.25, 0.3) is 0 Å². The fraction of sp³-hybridized carbons (Fsp3) is 0.857. The van der Waals surface area contributed by atoms with Crippen LogP contribution >= 0.6 is 0 Å². The largest absolute Gasteiger partial charge is 0.480 e. The molecule has 0 saturated heterocycles. The molecule has 0 fully saturated rings. The van der Waals surface area contributed by atoms with Crippen molar-refractivity contribution in [1.29, 1.82) is 0 Å². The van der Waals surface area contributed by atoms with E-state index in [1.54, 1.807) is 13.8 Å². The third-order valence-electron chi connectivity index (χ3n) is 2.75. The number of carboxylic acids is 1. The van der Waals surface area contributed by atoms with Crippen molar-refractivity contribution in [3.05, 3.63) is 0 Å². The van der Waals surface area contributed by atoms with Crippen LogP contribution in [0.5, 0.6) is 0 Å². The lowest BCUT2D eigenvalue weighted by Crippen LogP contribution is -2.44. The number of carbonyl (C=O) groups is 2. The van der Waals surface area contributed by atoms with Gasteiger partial charge in [0.2, 0.25) is 5.91 Å². The zero-order valence-corrected chi connectivity index (χ0v) is 14.3. The lowest BCUT2D eigenvalue weighted by Gasteiger charge is -2.21. The molecular weight excluding hydrogens is 294 g/mol. The molecule has 0 aliphatic carbocycles. The molecule has 0 aromatic carbocycles. The molecule has 0 aromatic heterocycles. The van der Waals surface area contributed by atoms with Gasteiger partial charge >= 0.3 is 5.97 Å². The van der Waals surface area contributed by atoms with E-state index in [4.69, 9.17) is 5.11 Å². The van der Waals surface area contributed by atoms with Crippen molar-refractivity contribution in [2.24, 2.45) is 11.3 Å². The highest BCUT2D eigenvalue weighted by atomic mass is 32.2. The van der Waals surface area contributed by atoms with Crippen LogP contribution in [0.15, 0.2) is 0 Å². The molecule has 1 amide bonds. The Hall–Kier alpha value is -1.11. The quantitative estimate of drug-likeness (QED) is 0.705. The fourth-order valence-corrected chi connectivity index (χ4v) is 3.45. The van der Waals surface area contributed by atoms with Gasteiger partial charge in [0, 0.05) is 0 Å². The van der Waals surface area contributed by atoms with Crippen molar-refractivity contribution in [3.8, 4) is 0 Å². The molecule has 21 heavy (non-hydrogen) atoms. The summed E-state index contributed by atoms with van der Waals surface area (Å²) in [5.41, 5.74) is -0.0534. The molecule has 1 atom stereocenters. The lowest BCUT2D eigenvalue weighted by molar-refractivity contribution is -0.141. The van der Waals surface area contributed by atoms with E-state index in [0.29, 0.717) is 6.42 Å². The third kappa shape index (κ3) is 10.3. The highest BCUT2D eigenvalue weighted by Crippen LogP contribution is 2.21. The van der Waals surface area contributed by atoms with Crippen LogP contribution in [0.4, 0.5) is 0 Å². The first-order chi connectivity index (χ1) is 9.32. The monoisotopic (exact) mass is 321 g/mol. The van der Waals surface area contributed by atoms with Crippen molar-refractivity contribution in [3.63, 3.8) is 0 Å². The molecule has 0 aliphatic heterocycles. The van der Waals surface area contributed by atoms with Crippen molar-refractivity contribution in [2.45, 2.75) is 53.5 Å². The Morgan fingerprint density at radius 3 is 2.10 bits per heavy atom. The van der Waals surface area contributed by atoms with E-state index in [2.05, 4.69) is 5.32 Å². The first-order valence-corrected chi connectivity index (χ1v) is 8.87. The Morgan fingerprint density at radius 1 is 1.19 bits per heavy atom. The minimum Gasteiger partial charge on any atom is -0.480 e. The normalized spacial score (nSPS) is 14.0. The van der Waals surface area contributed by atoms with Crippen LogP contribution in [0.25, 0.3) is 0 Å². The van der Waals surface area contributed by atoms with Gasteiger partial charge < -0.3 is 10.4 Å². The van der Waals surface area contributed by atoms with E-state index in [1.807, 2.05) is 20.8 Å². The van der Waals surface area contributed by atoms with Gasteiger partial charge in [0.05, 0.1) is 5.75 Å². The first kappa shape index (κ1) is 19.9. The summed E-state index contributed by atoms with van der Waals surface area (Å²) in [5.74, 6) is -2.71. The summed E-state index contributed by atoms with van der Waals surface area (Å²) in [6, 6.07) is -1.05. The summed E-state index contributed by atoms with van der Waals surface area (Å²) in [5, 5.41) is 11.4. The average molecular weight is 321 g/mol. The topological polar surface area (TPSA) is 101 Å². The Bertz CT molecular complexity index is 462. The number of aliphatic carboxylic acids is 1. The molecular formula is C14H27NO5S. The molecule has 0 bridgehead atoms. The van der Waals surface area contributed by atoms with Crippen molar-refractivity contribution in [2.75, 3.05) is 11.5 Å². The summed E-state index contributed by atoms with van der Waals surface area (Å²) in [4.78, 5) is 22.9. The summed E-state index contributed by atoms with van der Waals surface area (Å²) in [6.07, 6.45) is 0.887. The third-order valence-corrected chi connectivity index (χ3v) is 4.63. The number of rotatable bonds is 8. The molecule has 124 valence electrons. The van der Waals surface area contributed by atoms with Crippen LogP contribution in [0, 0.1) is 11.3 Å². The van der Waals surface area contributed by atoms with Gasteiger partial charge in [-0.15, -0.1) is 0 Å². The molecule has 0 radical (unpaired) electrons. The van der Waals surface area contributed by atoms with E-state index in [1.165, 1.54) is 0 Å². The van der Waals surface area contributed by atoms with Gasteiger partial charge in [-0.05, 0) is 24.2 Å². The second-order valence-corrected chi connectivity index (χ2v) is 9.12. The molecule has 0 heterocycles. The van der Waals surface area contributed by atoms with E-state index >= 15 is 0 Å². The second-order valence-electron chi connectivity index (χ2n) is 7.01. The van der Waals surface area contributed by atoms with Crippen LogP contribution in [0.2, 0.25) is 0 Å². The SMILES string of the molecule is CC(C)CS(=O)(=O)CC(=O)NC(CCC(C)(C)C)C(=O)O. The van der Waals surface area contributed by atoms with Crippen molar-refractivity contribution >= 4 is 21.7 Å². The smallest absolute Gasteiger partial charge is 0.326 e.